The molecule has 0 aliphatic rings. The molecule has 0 radical (unpaired) electrons. The first-order chi connectivity index (χ1) is 11.2. The predicted molar refractivity (Wildman–Crippen MR) is 80.1 cm³/mol. The van der Waals surface area contributed by atoms with Gasteiger partial charge >= 0.3 is 18.0 Å². The van der Waals surface area contributed by atoms with Gasteiger partial charge in [0.1, 0.15) is 11.5 Å². The summed E-state index contributed by atoms with van der Waals surface area (Å²) < 4.78 is 43.1. The number of nitrogens with one attached hydrogen (secondary N) is 2. The number of amides is 2. The minimum atomic E-state index is -4.53. The molecule has 1 aromatic heterocycles. The van der Waals surface area contributed by atoms with Gasteiger partial charge in [-0.25, -0.2) is 0 Å². The van der Waals surface area contributed by atoms with Gasteiger partial charge in [0.15, 0.2) is 0 Å². The van der Waals surface area contributed by atoms with E-state index in [2.05, 4.69) is 10.6 Å². The number of benzene rings is 1. The van der Waals surface area contributed by atoms with Crippen molar-refractivity contribution in [2.24, 2.45) is 0 Å². The van der Waals surface area contributed by atoms with Crippen LogP contribution < -0.4 is 10.6 Å². The summed E-state index contributed by atoms with van der Waals surface area (Å²) in [6, 6.07) is 5.77. The number of rotatable bonds is 3. The van der Waals surface area contributed by atoms with Crippen molar-refractivity contribution in [3.8, 4) is 0 Å². The molecule has 2 amide bonds. The summed E-state index contributed by atoms with van der Waals surface area (Å²) in [5.74, 6) is -0.714. The molecule has 0 aliphatic heterocycles. The smallest absolute Gasteiger partial charge is 0.416 e. The van der Waals surface area contributed by atoms with E-state index in [1.165, 1.54) is 6.07 Å². The lowest BCUT2D eigenvalue weighted by Crippen LogP contribution is -2.35. The molecule has 0 bridgehead atoms. The van der Waals surface area contributed by atoms with Gasteiger partial charge in [-0.05, 0) is 38.1 Å². The number of halogens is 3. The second-order valence-corrected chi connectivity index (χ2v) is 5.15. The van der Waals surface area contributed by atoms with Crippen molar-refractivity contribution in [1.29, 1.82) is 0 Å². The Morgan fingerprint density at radius 3 is 2.42 bits per heavy atom. The predicted octanol–water partition coefficient (Wildman–Crippen LogP) is 3.17. The number of hydrogen-bond donors (Lipinski definition) is 2. The van der Waals surface area contributed by atoms with Crippen molar-refractivity contribution in [1.82, 2.24) is 5.32 Å². The molecule has 0 atom stereocenters. The first-order valence-electron chi connectivity index (χ1n) is 6.99. The number of carbonyl (C=O) groups excluding carboxylic acids is 2. The monoisotopic (exact) mass is 340 g/mol. The number of aryl methyl sites for hydroxylation is 2. The van der Waals surface area contributed by atoms with Gasteiger partial charge in [0, 0.05) is 17.8 Å². The molecule has 0 saturated carbocycles. The molecular weight excluding hydrogens is 325 g/mol. The van der Waals surface area contributed by atoms with Crippen LogP contribution in [0.2, 0.25) is 0 Å². The highest BCUT2D eigenvalue weighted by atomic mass is 19.4. The van der Waals surface area contributed by atoms with Crippen LogP contribution in [0.25, 0.3) is 0 Å². The van der Waals surface area contributed by atoms with Crippen molar-refractivity contribution in [2.45, 2.75) is 26.6 Å². The van der Waals surface area contributed by atoms with E-state index in [0.29, 0.717) is 17.1 Å². The highest BCUT2D eigenvalue weighted by Gasteiger charge is 2.30. The van der Waals surface area contributed by atoms with E-state index < -0.39 is 23.6 Å². The maximum Gasteiger partial charge on any atom is 0.416 e. The zero-order valence-corrected chi connectivity index (χ0v) is 13.0. The Balaban J connectivity index is 1.97. The van der Waals surface area contributed by atoms with E-state index in [0.717, 1.165) is 18.2 Å². The van der Waals surface area contributed by atoms with Crippen LogP contribution in [0, 0.1) is 13.8 Å². The second kappa shape index (κ2) is 6.77. The summed E-state index contributed by atoms with van der Waals surface area (Å²) in [7, 11) is 0. The Morgan fingerprint density at radius 1 is 1.12 bits per heavy atom. The number of hydrogen-bond acceptors (Lipinski definition) is 3. The molecule has 0 fully saturated rings. The van der Waals surface area contributed by atoms with E-state index in [4.69, 9.17) is 4.42 Å². The van der Waals surface area contributed by atoms with Crippen LogP contribution >= 0.6 is 0 Å². The van der Waals surface area contributed by atoms with Crippen molar-refractivity contribution < 1.29 is 27.2 Å². The topological polar surface area (TPSA) is 71.3 Å². The molecule has 1 aromatic carbocycles. The molecule has 0 saturated heterocycles. The van der Waals surface area contributed by atoms with Gasteiger partial charge in [0.25, 0.3) is 0 Å². The quantitative estimate of drug-likeness (QED) is 0.843. The molecule has 0 aliphatic carbocycles. The summed E-state index contributed by atoms with van der Waals surface area (Å²) >= 11 is 0. The van der Waals surface area contributed by atoms with E-state index in [9.17, 15) is 22.8 Å². The van der Waals surface area contributed by atoms with Crippen molar-refractivity contribution in [2.75, 3.05) is 5.32 Å². The van der Waals surface area contributed by atoms with Gasteiger partial charge in [0.05, 0.1) is 5.56 Å². The molecular formula is C16H15F3N2O3. The fraction of sp³-hybridized carbons (Fsp3) is 0.250. The Morgan fingerprint density at radius 2 is 1.83 bits per heavy atom. The lowest BCUT2D eigenvalue weighted by Gasteiger charge is -2.10. The highest BCUT2D eigenvalue weighted by molar-refractivity contribution is 6.39. The van der Waals surface area contributed by atoms with Gasteiger partial charge in [-0.15, -0.1) is 0 Å². The third-order valence-corrected chi connectivity index (χ3v) is 3.24. The molecule has 2 aromatic rings. The standard InChI is InChI=1S/C16H15F3N2O3/c1-9-6-11(10(2)24-9)8-20-14(22)15(23)21-13-5-3-4-12(7-13)16(17,18)19/h3-7H,8H2,1-2H3,(H,20,22)(H,21,23). The summed E-state index contributed by atoms with van der Waals surface area (Å²) in [4.78, 5) is 23.5. The molecule has 5 nitrogen and oxygen atoms in total. The average molecular weight is 340 g/mol. The number of anilines is 1. The zero-order valence-electron chi connectivity index (χ0n) is 13.0. The first-order valence-corrected chi connectivity index (χ1v) is 6.99. The summed E-state index contributed by atoms with van der Waals surface area (Å²) in [5, 5.41) is 4.52. The van der Waals surface area contributed by atoms with Crippen LogP contribution in [-0.4, -0.2) is 11.8 Å². The lowest BCUT2D eigenvalue weighted by atomic mass is 10.2. The van der Waals surface area contributed by atoms with Crippen LogP contribution in [0.5, 0.6) is 0 Å². The highest BCUT2D eigenvalue weighted by Crippen LogP contribution is 2.30. The molecule has 128 valence electrons. The number of alkyl halides is 3. The second-order valence-electron chi connectivity index (χ2n) is 5.15. The van der Waals surface area contributed by atoms with Crippen LogP contribution in [0.3, 0.4) is 0 Å². The summed E-state index contributed by atoms with van der Waals surface area (Å²) in [6.45, 7) is 3.55. The van der Waals surface area contributed by atoms with E-state index in [-0.39, 0.29) is 12.2 Å². The maximum absolute atomic E-state index is 12.6. The molecule has 24 heavy (non-hydrogen) atoms. The Labute approximate surface area is 135 Å². The summed E-state index contributed by atoms with van der Waals surface area (Å²) in [6.07, 6.45) is -4.53. The van der Waals surface area contributed by atoms with Gasteiger partial charge in [-0.1, -0.05) is 6.07 Å². The Hall–Kier alpha value is -2.77. The largest absolute Gasteiger partial charge is 0.466 e. The maximum atomic E-state index is 12.6. The van der Waals surface area contributed by atoms with E-state index >= 15 is 0 Å². The van der Waals surface area contributed by atoms with Crippen LogP contribution in [0.1, 0.15) is 22.6 Å². The van der Waals surface area contributed by atoms with Crippen LogP contribution in [-0.2, 0) is 22.3 Å². The SMILES string of the molecule is Cc1cc(CNC(=O)C(=O)Nc2cccc(C(F)(F)F)c2)c(C)o1. The van der Waals surface area contributed by atoms with Crippen LogP contribution in [0.15, 0.2) is 34.7 Å². The van der Waals surface area contributed by atoms with Gasteiger partial charge in [0.2, 0.25) is 0 Å². The molecule has 0 spiro atoms. The fourth-order valence-corrected chi connectivity index (χ4v) is 2.08. The van der Waals surface area contributed by atoms with Crippen molar-refractivity contribution in [3.05, 3.63) is 53.0 Å². The number of carbonyl (C=O) groups is 2. The van der Waals surface area contributed by atoms with Crippen molar-refractivity contribution >= 4 is 17.5 Å². The lowest BCUT2D eigenvalue weighted by molar-refractivity contribution is -0.137. The third kappa shape index (κ3) is 4.37. The normalized spacial score (nSPS) is 11.2. The average Bonchev–Trinajstić information content (AvgIpc) is 2.82. The van der Waals surface area contributed by atoms with E-state index in [1.54, 1.807) is 19.9 Å². The molecule has 8 heteroatoms. The Kier molecular flexibility index (Phi) is 4.96. The molecule has 0 unspecified atom stereocenters. The molecule has 2 rings (SSSR count). The fourth-order valence-electron chi connectivity index (χ4n) is 2.08. The number of furan rings is 1. The van der Waals surface area contributed by atoms with Gasteiger partial charge < -0.3 is 15.1 Å². The Bertz CT molecular complexity index is 766. The molecule has 2 N–H and O–H groups in total. The minimum Gasteiger partial charge on any atom is -0.466 e. The van der Waals surface area contributed by atoms with Crippen LogP contribution in [0.4, 0.5) is 18.9 Å². The third-order valence-electron chi connectivity index (χ3n) is 3.24. The zero-order chi connectivity index (χ0) is 17.9. The molecule has 1 heterocycles. The van der Waals surface area contributed by atoms with E-state index in [1.807, 2.05) is 0 Å². The summed E-state index contributed by atoms with van der Waals surface area (Å²) in [5.41, 5.74) is -0.307. The van der Waals surface area contributed by atoms with Gasteiger partial charge in [-0.3, -0.25) is 9.59 Å². The van der Waals surface area contributed by atoms with Crippen molar-refractivity contribution in [3.63, 3.8) is 0 Å². The first kappa shape index (κ1) is 17.6. The minimum absolute atomic E-state index is 0.0814. The van der Waals surface area contributed by atoms with Gasteiger partial charge in [-0.2, -0.15) is 13.2 Å².